The van der Waals surface area contributed by atoms with E-state index in [1.165, 1.54) is 0 Å². The molecule has 4 N–H and O–H groups in total. The van der Waals surface area contributed by atoms with Gasteiger partial charge < -0.3 is 16.2 Å². The molecule has 1 heterocycles. The number of amidine groups is 1. The molecule has 0 aromatic rings. The quantitative estimate of drug-likeness (QED) is 0.673. The minimum atomic E-state index is -0.506. The van der Waals surface area contributed by atoms with Crippen molar-refractivity contribution in [2.75, 3.05) is 6.61 Å². The Hall–Kier alpha value is -1.10. The van der Waals surface area contributed by atoms with Crippen LogP contribution in [-0.4, -0.2) is 30.5 Å². The Balaban J connectivity index is 2.21. The molecule has 17 heavy (non-hydrogen) atoms. The zero-order valence-corrected chi connectivity index (χ0v) is 10.7. The Morgan fingerprint density at radius 1 is 1.65 bits per heavy atom. The number of nitrogens with two attached hydrogens (primary N) is 2. The zero-order valence-electron chi connectivity index (χ0n) is 10.7. The van der Waals surface area contributed by atoms with Crippen molar-refractivity contribution >= 4 is 11.8 Å². The molecule has 0 saturated carbocycles. The Morgan fingerprint density at radius 2 is 2.35 bits per heavy atom. The van der Waals surface area contributed by atoms with Gasteiger partial charge >= 0.3 is 5.97 Å². The molecule has 98 valence electrons. The summed E-state index contributed by atoms with van der Waals surface area (Å²) in [5, 5.41) is 0. The summed E-state index contributed by atoms with van der Waals surface area (Å²) in [6.45, 7) is 4.31. The van der Waals surface area contributed by atoms with Gasteiger partial charge in [0.05, 0.1) is 18.5 Å². The van der Waals surface area contributed by atoms with E-state index in [-0.39, 0.29) is 5.97 Å². The van der Waals surface area contributed by atoms with Crippen LogP contribution in [0.25, 0.3) is 0 Å². The van der Waals surface area contributed by atoms with Crippen molar-refractivity contribution in [1.29, 1.82) is 0 Å². The van der Waals surface area contributed by atoms with Crippen LogP contribution in [-0.2, 0) is 9.53 Å². The maximum absolute atomic E-state index is 11.3. The summed E-state index contributed by atoms with van der Waals surface area (Å²) in [5.41, 5.74) is 11.4. The van der Waals surface area contributed by atoms with E-state index >= 15 is 0 Å². The van der Waals surface area contributed by atoms with Crippen LogP contribution in [0.3, 0.4) is 0 Å². The molecule has 0 aliphatic carbocycles. The van der Waals surface area contributed by atoms with Crippen molar-refractivity contribution in [3.63, 3.8) is 0 Å². The lowest BCUT2D eigenvalue weighted by atomic mass is 9.96. The topological polar surface area (TPSA) is 90.7 Å². The minimum Gasteiger partial charge on any atom is -0.465 e. The van der Waals surface area contributed by atoms with Crippen molar-refractivity contribution in [1.82, 2.24) is 0 Å². The smallest absolute Gasteiger partial charge is 0.322 e. The molecule has 1 aliphatic heterocycles. The highest BCUT2D eigenvalue weighted by atomic mass is 16.5. The first kappa shape index (κ1) is 14.0. The standard InChI is InChI=1S/C12H23N3O2/c1-3-17-12(16)9(13)5-4-6-10-8(2)7-11(14)15-10/h8-10H,3-7,13H2,1-2H3,(H2,14,15). The fourth-order valence-corrected chi connectivity index (χ4v) is 2.12. The molecule has 0 aromatic carbocycles. The third kappa shape index (κ3) is 4.34. The van der Waals surface area contributed by atoms with Crippen LogP contribution < -0.4 is 11.5 Å². The van der Waals surface area contributed by atoms with E-state index in [4.69, 9.17) is 16.2 Å². The van der Waals surface area contributed by atoms with Gasteiger partial charge in [-0.3, -0.25) is 9.79 Å². The van der Waals surface area contributed by atoms with E-state index in [2.05, 4.69) is 11.9 Å². The lowest BCUT2D eigenvalue weighted by Gasteiger charge is -2.14. The van der Waals surface area contributed by atoms with Gasteiger partial charge in [-0.1, -0.05) is 6.92 Å². The van der Waals surface area contributed by atoms with Crippen molar-refractivity contribution in [2.24, 2.45) is 22.4 Å². The van der Waals surface area contributed by atoms with Gasteiger partial charge in [-0.2, -0.15) is 0 Å². The predicted octanol–water partition coefficient (Wildman–Crippen LogP) is 0.813. The van der Waals surface area contributed by atoms with Crippen LogP contribution >= 0.6 is 0 Å². The molecular weight excluding hydrogens is 218 g/mol. The normalized spacial score (nSPS) is 25.5. The average molecular weight is 241 g/mol. The molecule has 0 amide bonds. The Bertz CT molecular complexity index is 291. The highest BCUT2D eigenvalue weighted by molar-refractivity contribution is 5.82. The number of hydrogen-bond acceptors (Lipinski definition) is 5. The van der Waals surface area contributed by atoms with E-state index in [0.29, 0.717) is 25.0 Å². The first-order valence-corrected chi connectivity index (χ1v) is 6.29. The maximum Gasteiger partial charge on any atom is 0.322 e. The van der Waals surface area contributed by atoms with E-state index in [0.717, 1.165) is 25.1 Å². The molecule has 1 aliphatic rings. The summed E-state index contributed by atoms with van der Waals surface area (Å²) in [6.07, 6.45) is 3.35. The molecule has 0 saturated heterocycles. The second-order valence-corrected chi connectivity index (χ2v) is 4.66. The van der Waals surface area contributed by atoms with Crippen LogP contribution in [0.1, 0.15) is 39.5 Å². The van der Waals surface area contributed by atoms with Gasteiger partial charge in [0.15, 0.2) is 0 Å². The van der Waals surface area contributed by atoms with Crippen LogP contribution in [0.15, 0.2) is 4.99 Å². The molecule has 0 fully saturated rings. The maximum atomic E-state index is 11.3. The number of carbonyl (C=O) groups is 1. The van der Waals surface area contributed by atoms with Crippen LogP contribution in [0.5, 0.6) is 0 Å². The Kier molecular flexibility index (Phi) is 5.41. The van der Waals surface area contributed by atoms with Gasteiger partial charge in [0.2, 0.25) is 0 Å². The van der Waals surface area contributed by atoms with Gasteiger partial charge in [-0.25, -0.2) is 0 Å². The summed E-state index contributed by atoms with van der Waals surface area (Å²) >= 11 is 0. The van der Waals surface area contributed by atoms with Crippen molar-refractivity contribution in [2.45, 2.75) is 51.6 Å². The zero-order chi connectivity index (χ0) is 12.8. The highest BCUT2D eigenvalue weighted by Crippen LogP contribution is 2.23. The second kappa shape index (κ2) is 6.59. The van der Waals surface area contributed by atoms with E-state index in [1.54, 1.807) is 6.92 Å². The lowest BCUT2D eigenvalue weighted by Crippen LogP contribution is -2.32. The van der Waals surface area contributed by atoms with Gasteiger partial charge in [0, 0.05) is 6.42 Å². The fraction of sp³-hybridized carbons (Fsp3) is 0.833. The molecule has 0 aromatic heterocycles. The Morgan fingerprint density at radius 3 is 2.88 bits per heavy atom. The van der Waals surface area contributed by atoms with Crippen LogP contribution in [0, 0.1) is 5.92 Å². The number of ether oxygens (including phenoxy) is 1. The number of aliphatic imine (C=N–C) groups is 1. The Labute approximate surface area is 103 Å². The summed E-state index contributed by atoms with van der Waals surface area (Å²) in [6, 6.07) is -0.211. The fourth-order valence-electron chi connectivity index (χ4n) is 2.12. The number of esters is 1. The number of carbonyl (C=O) groups excluding carboxylic acids is 1. The monoisotopic (exact) mass is 241 g/mol. The summed E-state index contributed by atoms with van der Waals surface area (Å²) in [4.78, 5) is 15.7. The molecule has 5 heteroatoms. The molecule has 1 rings (SSSR count). The third-order valence-electron chi connectivity index (χ3n) is 3.12. The van der Waals surface area contributed by atoms with E-state index in [1.807, 2.05) is 0 Å². The number of rotatable bonds is 6. The number of hydrogen-bond donors (Lipinski definition) is 2. The van der Waals surface area contributed by atoms with Crippen LogP contribution in [0.2, 0.25) is 0 Å². The molecule has 3 atom stereocenters. The molecule has 0 bridgehead atoms. The molecule has 0 radical (unpaired) electrons. The largest absolute Gasteiger partial charge is 0.465 e. The predicted molar refractivity (Wildman–Crippen MR) is 67.7 cm³/mol. The van der Waals surface area contributed by atoms with Gasteiger partial charge in [-0.15, -0.1) is 0 Å². The lowest BCUT2D eigenvalue weighted by molar-refractivity contribution is -0.144. The van der Waals surface area contributed by atoms with E-state index in [9.17, 15) is 4.79 Å². The highest BCUT2D eigenvalue weighted by Gasteiger charge is 2.24. The summed E-state index contributed by atoms with van der Waals surface area (Å²) < 4.78 is 4.85. The molecule has 0 spiro atoms. The van der Waals surface area contributed by atoms with Crippen molar-refractivity contribution in [3.8, 4) is 0 Å². The molecule has 5 nitrogen and oxygen atoms in total. The van der Waals surface area contributed by atoms with Gasteiger partial charge in [-0.05, 0) is 32.1 Å². The minimum absolute atomic E-state index is 0.296. The molecular formula is C12H23N3O2. The average Bonchev–Trinajstić information content (AvgIpc) is 2.57. The van der Waals surface area contributed by atoms with Crippen molar-refractivity contribution in [3.05, 3.63) is 0 Å². The molecule has 3 unspecified atom stereocenters. The van der Waals surface area contributed by atoms with E-state index < -0.39 is 6.04 Å². The van der Waals surface area contributed by atoms with Gasteiger partial charge in [0.1, 0.15) is 6.04 Å². The van der Waals surface area contributed by atoms with Crippen LogP contribution in [0.4, 0.5) is 0 Å². The number of nitrogens with zero attached hydrogens (tertiary/aromatic N) is 1. The second-order valence-electron chi connectivity index (χ2n) is 4.66. The van der Waals surface area contributed by atoms with Gasteiger partial charge in [0.25, 0.3) is 0 Å². The summed E-state index contributed by atoms with van der Waals surface area (Å²) in [7, 11) is 0. The first-order valence-electron chi connectivity index (χ1n) is 6.29. The first-order chi connectivity index (χ1) is 8.04. The third-order valence-corrected chi connectivity index (χ3v) is 3.12. The van der Waals surface area contributed by atoms with Crippen molar-refractivity contribution < 1.29 is 9.53 Å². The summed E-state index contributed by atoms with van der Waals surface area (Å²) in [5.74, 6) is 0.945. The SMILES string of the molecule is CCOC(=O)C(N)CCCC1N=C(N)CC1C.